The highest BCUT2D eigenvalue weighted by molar-refractivity contribution is 7.07. The number of nitrogens with zero attached hydrogens (tertiary/aromatic N) is 2. The molecule has 0 saturated carbocycles. The van der Waals surface area contributed by atoms with E-state index >= 15 is 0 Å². The number of hydrogen-bond acceptors (Lipinski definition) is 4. The fourth-order valence-corrected chi connectivity index (χ4v) is 4.64. The fraction of sp³-hybridized carbons (Fsp3) is 0.478. The Morgan fingerprint density at radius 1 is 1.33 bits per heavy atom. The van der Waals surface area contributed by atoms with E-state index < -0.39 is 0 Å². The van der Waals surface area contributed by atoms with Gasteiger partial charge in [-0.3, -0.25) is 14.7 Å². The number of carbonyl (C=O) groups is 1. The van der Waals surface area contributed by atoms with Gasteiger partial charge in [-0.15, -0.1) is 0 Å². The molecule has 0 bridgehead atoms. The van der Waals surface area contributed by atoms with E-state index in [0.29, 0.717) is 12.5 Å². The van der Waals surface area contributed by atoms with Gasteiger partial charge < -0.3 is 16.4 Å². The molecule has 6 nitrogen and oxygen atoms in total. The second-order valence-corrected chi connectivity index (χ2v) is 8.84. The number of thiophene rings is 1. The molecule has 30 heavy (non-hydrogen) atoms. The summed E-state index contributed by atoms with van der Waals surface area (Å²) in [5.74, 6) is 1.05. The van der Waals surface area contributed by atoms with Crippen LogP contribution in [-0.2, 0) is 17.9 Å². The molecule has 1 aliphatic heterocycles. The average molecular weight is 428 g/mol. The van der Waals surface area contributed by atoms with Crippen LogP contribution in [0.4, 0.5) is 0 Å². The Balaban J connectivity index is 1.48. The van der Waals surface area contributed by atoms with Crippen molar-refractivity contribution in [1.82, 2.24) is 15.5 Å². The van der Waals surface area contributed by atoms with Gasteiger partial charge in [0.2, 0.25) is 5.91 Å². The van der Waals surface area contributed by atoms with Gasteiger partial charge in [-0.25, -0.2) is 0 Å². The summed E-state index contributed by atoms with van der Waals surface area (Å²) >= 11 is 1.73. The van der Waals surface area contributed by atoms with Crippen molar-refractivity contribution >= 4 is 23.2 Å². The Bertz CT molecular complexity index is 836. The average Bonchev–Trinajstić information content (AvgIpc) is 3.29. The van der Waals surface area contributed by atoms with Crippen molar-refractivity contribution in [2.45, 2.75) is 38.8 Å². The number of guanidine groups is 1. The summed E-state index contributed by atoms with van der Waals surface area (Å²) in [5, 5.41) is 11.1. The van der Waals surface area contributed by atoms with Crippen LogP contribution in [-0.4, -0.2) is 43.4 Å². The van der Waals surface area contributed by atoms with E-state index in [4.69, 9.17) is 5.73 Å². The minimum absolute atomic E-state index is 0.0190. The number of piperidine rings is 1. The minimum Gasteiger partial charge on any atom is -0.369 e. The smallest absolute Gasteiger partial charge is 0.221 e. The number of amides is 1. The van der Waals surface area contributed by atoms with E-state index in [1.54, 1.807) is 18.4 Å². The van der Waals surface area contributed by atoms with Crippen molar-refractivity contribution in [3.63, 3.8) is 0 Å². The van der Waals surface area contributed by atoms with Crippen LogP contribution in [0.2, 0.25) is 0 Å². The lowest BCUT2D eigenvalue weighted by Gasteiger charge is -2.31. The fourth-order valence-electron chi connectivity index (χ4n) is 3.86. The summed E-state index contributed by atoms with van der Waals surface area (Å²) < 4.78 is 0. The Morgan fingerprint density at radius 3 is 2.90 bits per heavy atom. The SMILES string of the molecule is CN=C(NCc1cccc(CN2CCCC(C(N)=O)C2)c1)NCC(C)c1ccsc1. The first-order chi connectivity index (χ1) is 14.5. The lowest BCUT2D eigenvalue weighted by Crippen LogP contribution is -2.40. The quantitative estimate of drug-likeness (QED) is 0.447. The van der Waals surface area contributed by atoms with E-state index in [-0.39, 0.29) is 11.8 Å². The zero-order valence-electron chi connectivity index (χ0n) is 17.9. The molecule has 1 aromatic heterocycles. The summed E-state index contributed by atoms with van der Waals surface area (Å²) in [6.07, 6.45) is 1.94. The zero-order chi connectivity index (χ0) is 21.3. The standard InChI is InChI=1S/C23H33N5OS/c1-17(21-8-10-30-16-21)12-26-23(25-2)27-13-18-5-3-6-19(11-18)14-28-9-4-7-20(15-28)22(24)29/h3,5-6,8,10-11,16-17,20H,4,7,9,12-15H2,1-2H3,(H2,24,29)(H2,25,26,27). The number of nitrogens with one attached hydrogen (secondary N) is 2. The molecule has 0 radical (unpaired) electrons. The third-order valence-corrected chi connectivity index (χ3v) is 6.38. The monoisotopic (exact) mass is 427 g/mol. The van der Waals surface area contributed by atoms with Crippen LogP contribution in [0.1, 0.15) is 42.4 Å². The minimum atomic E-state index is -0.176. The van der Waals surface area contributed by atoms with Gasteiger partial charge in [0.25, 0.3) is 0 Å². The molecule has 0 aliphatic carbocycles. The first kappa shape index (κ1) is 22.3. The van der Waals surface area contributed by atoms with Crippen LogP contribution in [0.5, 0.6) is 0 Å². The van der Waals surface area contributed by atoms with Crippen molar-refractivity contribution in [2.75, 3.05) is 26.7 Å². The second kappa shape index (κ2) is 11.1. The summed E-state index contributed by atoms with van der Waals surface area (Å²) in [7, 11) is 1.80. The lowest BCUT2D eigenvalue weighted by atomic mass is 9.97. The molecule has 2 atom stereocenters. The van der Waals surface area contributed by atoms with Crippen LogP contribution in [0, 0.1) is 5.92 Å². The van der Waals surface area contributed by atoms with Crippen molar-refractivity contribution in [3.8, 4) is 0 Å². The van der Waals surface area contributed by atoms with Crippen LogP contribution in [0.15, 0.2) is 46.1 Å². The predicted octanol–water partition coefficient (Wildman–Crippen LogP) is 2.91. The summed E-state index contributed by atoms with van der Waals surface area (Å²) in [6.45, 7) is 6.40. The summed E-state index contributed by atoms with van der Waals surface area (Å²) in [5.41, 5.74) is 9.33. The van der Waals surface area contributed by atoms with Crippen LogP contribution in [0.3, 0.4) is 0 Å². The van der Waals surface area contributed by atoms with Crippen molar-refractivity contribution in [3.05, 3.63) is 57.8 Å². The van der Waals surface area contributed by atoms with E-state index in [1.165, 1.54) is 16.7 Å². The Kier molecular flexibility index (Phi) is 8.28. The molecule has 3 rings (SSSR count). The van der Waals surface area contributed by atoms with Gasteiger partial charge in [0.05, 0.1) is 5.92 Å². The number of primary amides is 1. The Hall–Kier alpha value is -2.38. The molecule has 2 aromatic rings. The summed E-state index contributed by atoms with van der Waals surface area (Å²) in [6, 6.07) is 10.8. The van der Waals surface area contributed by atoms with Gasteiger partial charge in [-0.05, 0) is 58.8 Å². The number of benzene rings is 1. The van der Waals surface area contributed by atoms with Gasteiger partial charge in [0.15, 0.2) is 5.96 Å². The van der Waals surface area contributed by atoms with Crippen molar-refractivity contribution < 1.29 is 4.79 Å². The third kappa shape index (κ3) is 6.57. The number of likely N-dealkylation sites (tertiary alicyclic amines) is 1. The van der Waals surface area contributed by atoms with Gasteiger partial charge in [0, 0.05) is 33.2 Å². The first-order valence-corrected chi connectivity index (χ1v) is 11.6. The summed E-state index contributed by atoms with van der Waals surface area (Å²) in [4.78, 5) is 18.2. The largest absolute Gasteiger partial charge is 0.369 e. The maximum atomic E-state index is 11.5. The molecule has 2 heterocycles. The van der Waals surface area contributed by atoms with Gasteiger partial charge in [-0.2, -0.15) is 11.3 Å². The van der Waals surface area contributed by atoms with Gasteiger partial charge in [-0.1, -0.05) is 31.2 Å². The molecule has 162 valence electrons. The molecule has 4 N–H and O–H groups in total. The molecule has 2 unspecified atom stereocenters. The molecular formula is C23H33N5OS. The number of hydrogen-bond donors (Lipinski definition) is 3. The maximum absolute atomic E-state index is 11.5. The highest BCUT2D eigenvalue weighted by atomic mass is 32.1. The molecule has 1 fully saturated rings. The van der Waals surface area contributed by atoms with Crippen molar-refractivity contribution in [1.29, 1.82) is 0 Å². The predicted molar refractivity (Wildman–Crippen MR) is 125 cm³/mol. The highest BCUT2D eigenvalue weighted by Crippen LogP contribution is 2.19. The van der Waals surface area contributed by atoms with Crippen LogP contribution < -0.4 is 16.4 Å². The van der Waals surface area contributed by atoms with E-state index in [9.17, 15) is 4.79 Å². The normalized spacial score (nSPS) is 18.7. The van der Waals surface area contributed by atoms with Gasteiger partial charge in [0.1, 0.15) is 0 Å². The molecule has 7 heteroatoms. The molecular weight excluding hydrogens is 394 g/mol. The second-order valence-electron chi connectivity index (χ2n) is 8.06. The molecule has 1 amide bonds. The van der Waals surface area contributed by atoms with E-state index in [1.807, 2.05) is 0 Å². The number of rotatable bonds is 8. The van der Waals surface area contributed by atoms with E-state index in [2.05, 4.69) is 68.5 Å². The highest BCUT2D eigenvalue weighted by Gasteiger charge is 2.23. The van der Waals surface area contributed by atoms with Crippen LogP contribution in [0.25, 0.3) is 0 Å². The lowest BCUT2D eigenvalue weighted by molar-refractivity contribution is -0.123. The topological polar surface area (TPSA) is 82.8 Å². The zero-order valence-corrected chi connectivity index (χ0v) is 18.8. The Labute approximate surface area is 183 Å². The third-order valence-electron chi connectivity index (χ3n) is 5.68. The molecule has 1 aliphatic rings. The van der Waals surface area contributed by atoms with Crippen molar-refractivity contribution in [2.24, 2.45) is 16.6 Å². The maximum Gasteiger partial charge on any atom is 0.221 e. The van der Waals surface area contributed by atoms with E-state index in [0.717, 1.165) is 45.0 Å². The number of aliphatic imine (C=N–C) groups is 1. The first-order valence-electron chi connectivity index (χ1n) is 10.6. The molecule has 0 spiro atoms. The molecule has 1 aromatic carbocycles. The number of nitrogens with two attached hydrogens (primary N) is 1. The number of carbonyl (C=O) groups excluding carboxylic acids is 1. The molecule has 1 saturated heterocycles. The Morgan fingerprint density at radius 2 is 2.17 bits per heavy atom. The van der Waals surface area contributed by atoms with Crippen LogP contribution >= 0.6 is 11.3 Å². The van der Waals surface area contributed by atoms with Gasteiger partial charge >= 0.3 is 0 Å².